The molecule has 0 radical (unpaired) electrons. The fraction of sp³-hybridized carbons (Fsp3) is 0.524. The van der Waals surface area contributed by atoms with Gasteiger partial charge in [0, 0.05) is 23.4 Å². The van der Waals surface area contributed by atoms with Crippen LogP contribution in [-0.2, 0) is 19.2 Å². The van der Waals surface area contributed by atoms with E-state index < -0.39 is 23.3 Å². The fourth-order valence-corrected chi connectivity index (χ4v) is 8.82. The first-order valence-electron chi connectivity index (χ1n) is 11.7. The van der Waals surface area contributed by atoms with Gasteiger partial charge in [-0.15, -0.1) is 34.9 Å². The molecule has 4 heterocycles. The molecule has 4 unspecified atom stereocenters. The second-order valence-corrected chi connectivity index (χ2v) is 13.3. The first-order valence-corrected chi connectivity index (χ1v) is 15.6. The minimum absolute atomic E-state index is 0.0553. The van der Waals surface area contributed by atoms with Gasteiger partial charge in [-0.3, -0.25) is 19.4 Å². The Labute approximate surface area is 234 Å². The first kappa shape index (κ1) is 27.1. The second-order valence-electron chi connectivity index (χ2n) is 8.96. The molecule has 4 aliphatic rings. The smallest absolute Gasteiger partial charge is 0.313 e. The number of allylic oxidation sites excluding steroid dienone is 1. The molecule has 13 nitrogen and oxygen atoms in total. The summed E-state index contributed by atoms with van der Waals surface area (Å²) in [5.74, 6) is -1.34. The molecule has 3 aliphatic heterocycles. The number of β-lactam (4-membered cyclic amide) rings is 1. The van der Waals surface area contributed by atoms with Crippen molar-refractivity contribution in [1.29, 1.82) is 0 Å². The van der Waals surface area contributed by atoms with Gasteiger partial charge in [-0.05, 0) is 18.9 Å². The highest BCUT2D eigenvalue weighted by Gasteiger charge is 2.57. The van der Waals surface area contributed by atoms with Crippen LogP contribution in [0.25, 0.3) is 0 Å². The summed E-state index contributed by atoms with van der Waals surface area (Å²) in [5, 5.41) is 24.2. The van der Waals surface area contributed by atoms with Crippen LogP contribution in [0.15, 0.2) is 27.8 Å². The van der Waals surface area contributed by atoms with Gasteiger partial charge in [0.15, 0.2) is 10.8 Å². The van der Waals surface area contributed by atoms with Crippen LogP contribution >= 0.6 is 46.6 Å². The Hall–Kier alpha value is -2.47. The van der Waals surface area contributed by atoms with Crippen LogP contribution in [-0.4, -0.2) is 96.0 Å². The van der Waals surface area contributed by atoms with Gasteiger partial charge in [0.05, 0.1) is 12.2 Å². The number of thiazole rings is 1. The molecule has 38 heavy (non-hydrogen) atoms. The molecule has 6 N–H and O–H groups in total. The number of hydrazone groups is 1. The number of aromatic nitrogens is 1. The van der Waals surface area contributed by atoms with Crippen LogP contribution in [0.4, 0.5) is 5.13 Å². The van der Waals surface area contributed by atoms with Crippen molar-refractivity contribution >= 4 is 80.8 Å². The summed E-state index contributed by atoms with van der Waals surface area (Å²) in [6, 6.07) is -0.814. The van der Waals surface area contributed by atoms with Gasteiger partial charge in [-0.25, -0.2) is 4.98 Å². The number of amides is 2. The van der Waals surface area contributed by atoms with Crippen molar-refractivity contribution in [3.05, 3.63) is 23.2 Å². The highest BCUT2D eigenvalue weighted by atomic mass is 32.2. The van der Waals surface area contributed by atoms with E-state index in [-0.39, 0.29) is 63.3 Å². The minimum Gasteiger partial charge on any atom is -0.481 e. The number of rotatable bonds is 10. The van der Waals surface area contributed by atoms with Gasteiger partial charge in [0.25, 0.3) is 5.91 Å². The third-order valence-corrected chi connectivity index (χ3v) is 11.4. The number of nitrogens with two attached hydrogens (primary N) is 2. The predicted octanol–water partition coefficient (Wildman–Crippen LogP) is 0.561. The van der Waals surface area contributed by atoms with Crippen LogP contribution in [0.2, 0.25) is 0 Å². The van der Waals surface area contributed by atoms with Gasteiger partial charge in [-0.2, -0.15) is 5.10 Å². The Balaban J connectivity index is 1.23. The minimum atomic E-state index is -1.13. The quantitative estimate of drug-likeness (QED) is 0.127. The van der Waals surface area contributed by atoms with Crippen LogP contribution in [0.5, 0.6) is 0 Å². The lowest BCUT2D eigenvalue weighted by Crippen LogP contribution is -2.74. The number of oxime groups is 1. The van der Waals surface area contributed by atoms with Crippen molar-refractivity contribution in [1.82, 2.24) is 20.2 Å². The Morgan fingerprint density at radius 2 is 2.26 bits per heavy atom. The number of anilines is 1. The molecule has 1 aromatic rings. The van der Waals surface area contributed by atoms with E-state index in [4.69, 9.17) is 16.3 Å². The average Bonchev–Trinajstić information content (AvgIpc) is 3.68. The molecular weight excluding hydrogens is 573 g/mol. The van der Waals surface area contributed by atoms with Gasteiger partial charge in [0.2, 0.25) is 5.91 Å². The van der Waals surface area contributed by atoms with E-state index in [2.05, 4.69) is 20.6 Å². The fourth-order valence-electron chi connectivity index (χ4n) is 4.28. The molecule has 17 heteroatoms. The number of carbonyl (C=O) groups excluding carboxylic acids is 2. The number of nitrogens with one attached hydrogen (secondary N) is 1. The normalized spacial score (nSPS) is 30.3. The van der Waals surface area contributed by atoms with Crippen molar-refractivity contribution < 1.29 is 24.3 Å². The first-order chi connectivity index (χ1) is 18.3. The lowest BCUT2D eigenvalue weighted by Gasteiger charge is -2.53. The number of nitrogen functional groups attached to an aromatic ring is 1. The lowest BCUT2D eigenvalue weighted by atomic mass is 9.89. The van der Waals surface area contributed by atoms with E-state index in [0.717, 1.165) is 24.2 Å². The highest BCUT2D eigenvalue weighted by molar-refractivity contribution is 8.24. The summed E-state index contributed by atoms with van der Waals surface area (Å²) in [6.45, 7) is 0.283. The molecule has 2 amide bonds. The van der Waals surface area contributed by atoms with E-state index in [1.54, 1.807) is 15.9 Å². The third kappa shape index (κ3) is 5.34. The monoisotopic (exact) mass is 598 g/mol. The summed E-state index contributed by atoms with van der Waals surface area (Å²) in [4.78, 5) is 49.8. The maximum absolute atomic E-state index is 13.2. The van der Waals surface area contributed by atoms with E-state index in [0.29, 0.717) is 0 Å². The standard InChI is InChI=1S/C21H26N8O5S4/c22-9-29-20(38-10-24-29)37-8-21(18(32)33)6-28-16(31)14(17(28)36-7-21)26-15(30)13(12-5-35-19(23)25-12)27-34-11-3-1-2-4-11/h1,3,5,10-11,14,17,20H,2,4,6-9,22H2,(H2,23,25)(H,26,30)(H,32,33)/t11?,14?,17-,20?,21?/m1/s1. The van der Waals surface area contributed by atoms with Gasteiger partial charge in [-0.1, -0.05) is 23.0 Å². The van der Waals surface area contributed by atoms with Crippen molar-refractivity contribution in [3.8, 4) is 0 Å². The molecule has 5 rings (SSSR count). The summed E-state index contributed by atoms with van der Waals surface area (Å²) in [6.07, 6.45) is 5.24. The van der Waals surface area contributed by atoms with Gasteiger partial charge >= 0.3 is 5.97 Å². The maximum atomic E-state index is 13.2. The Morgan fingerprint density at radius 1 is 1.42 bits per heavy atom. The molecule has 1 aromatic heterocycles. The molecular formula is C21H26N8O5S4. The number of carboxylic acids is 1. The average molecular weight is 599 g/mol. The summed E-state index contributed by atoms with van der Waals surface area (Å²) in [7, 11) is 0. The van der Waals surface area contributed by atoms with Crippen molar-refractivity contribution in [2.75, 3.05) is 30.5 Å². The topological polar surface area (TPSA) is 189 Å². The Kier molecular flexibility index (Phi) is 8.08. The largest absolute Gasteiger partial charge is 0.481 e. The van der Waals surface area contributed by atoms with E-state index in [1.165, 1.54) is 40.2 Å². The molecule has 0 saturated carbocycles. The molecule has 204 valence electrons. The zero-order chi connectivity index (χ0) is 26.9. The molecule has 1 aliphatic carbocycles. The lowest BCUT2D eigenvalue weighted by molar-refractivity contribution is -0.157. The van der Waals surface area contributed by atoms with Crippen LogP contribution in [0.1, 0.15) is 18.5 Å². The number of thioether (sulfide) groups is 3. The summed E-state index contributed by atoms with van der Waals surface area (Å²) >= 11 is 5.41. The van der Waals surface area contributed by atoms with Gasteiger partial charge < -0.3 is 31.6 Å². The van der Waals surface area contributed by atoms with Crippen molar-refractivity contribution in [3.63, 3.8) is 0 Å². The van der Waals surface area contributed by atoms with Crippen molar-refractivity contribution in [2.24, 2.45) is 21.4 Å². The Morgan fingerprint density at radius 3 is 2.95 bits per heavy atom. The highest BCUT2D eigenvalue weighted by Crippen LogP contribution is 2.45. The molecule has 0 spiro atoms. The van der Waals surface area contributed by atoms with E-state index in [9.17, 15) is 19.5 Å². The van der Waals surface area contributed by atoms with Gasteiger partial charge in [0.1, 0.15) is 33.3 Å². The maximum Gasteiger partial charge on any atom is 0.313 e. The SMILES string of the molecule is NCN1N=CSC1SCC1(C(=O)O)CS[C@@H]2C(NC(=O)C(=NOC3C=CCC3)c3csc(N)n3)C(=O)N2C1. The van der Waals surface area contributed by atoms with E-state index >= 15 is 0 Å². The number of hydrogen-bond acceptors (Lipinski definition) is 14. The number of aliphatic carboxylic acids is 1. The molecule has 5 atom stereocenters. The van der Waals surface area contributed by atoms with Crippen LogP contribution < -0.4 is 16.8 Å². The number of nitrogens with zero attached hydrogens (tertiary/aromatic N) is 5. The number of carbonyl (C=O) groups is 3. The van der Waals surface area contributed by atoms with Crippen LogP contribution in [0.3, 0.4) is 0 Å². The third-order valence-electron chi connectivity index (χ3n) is 6.42. The molecule has 2 fully saturated rings. The molecule has 2 saturated heterocycles. The summed E-state index contributed by atoms with van der Waals surface area (Å²) < 4.78 is -0.113. The summed E-state index contributed by atoms with van der Waals surface area (Å²) in [5.41, 5.74) is 12.2. The second kappa shape index (κ2) is 11.3. The molecule has 0 bridgehead atoms. The molecule has 0 aromatic carbocycles. The number of hydrogen-bond donors (Lipinski definition) is 4. The zero-order valence-corrected chi connectivity index (χ0v) is 23.2. The number of carboxylic acid groups (broad SMARTS) is 1. The van der Waals surface area contributed by atoms with Crippen LogP contribution in [0, 0.1) is 5.41 Å². The Bertz CT molecular complexity index is 1190. The zero-order valence-electron chi connectivity index (χ0n) is 20.0. The van der Waals surface area contributed by atoms with Crippen molar-refractivity contribution in [2.45, 2.75) is 35.1 Å². The van der Waals surface area contributed by atoms with E-state index in [1.807, 2.05) is 12.2 Å². The number of fused-ring (bicyclic) bond motifs is 1. The predicted molar refractivity (Wildman–Crippen MR) is 149 cm³/mol.